The molecule has 6 nitrogen and oxygen atoms in total. The SMILES string of the molecule is N=Cc1c(Nc2cccc(C(F)F)c2)nc(Cl)nc1N1C[C@H](O)[C@@H](F)C1. The molecule has 0 aliphatic carbocycles. The number of nitrogens with one attached hydrogen (secondary N) is 2. The number of nitrogens with zero attached hydrogens (tertiary/aromatic N) is 3. The molecule has 2 heterocycles. The second-order valence-electron chi connectivity index (χ2n) is 5.76. The van der Waals surface area contributed by atoms with Crippen LogP contribution in [0.3, 0.4) is 0 Å². The third-order valence-electron chi connectivity index (χ3n) is 3.96. The number of halogens is 4. The van der Waals surface area contributed by atoms with Gasteiger partial charge in [0.25, 0.3) is 6.43 Å². The summed E-state index contributed by atoms with van der Waals surface area (Å²) in [6.45, 7) is -0.106. The number of aliphatic hydroxyl groups excluding tert-OH is 1. The summed E-state index contributed by atoms with van der Waals surface area (Å²) in [5, 5.41) is 19.9. The lowest BCUT2D eigenvalue weighted by atomic mass is 10.2. The first-order valence-electron chi connectivity index (χ1n) is 7.69. The van der Waals surface area contributed by atoms with E-state index in [-0.39, 0.29) is 41.1 Å². The Hall–Kier alpha value is -2.39. The number of aliphatic hydroxyl groups is 1. The van der Waals surface area contributed by atoms with Gasteiger partial charge in [0.15, 0.2) is 0 Å². The molecule has 1 aliphatic rings. The fourth-order valence-corrected chi connectivity index (χ4v) is 2.87. The average molecular weight is 386 g/mol. The van der Waals surface area contributed by atoms with Gasteiger partial charge in [0, 0.05) is 24.0 Å². The Kier molecular flexibility index (Phi) is 5.28. The van der Waals surface area contributed by atoms with Crippen molar-refractivity contribution < 1.29 is 18.3 Å². The maximum absolute atomic E-state index is 13.6. The van der Waals surface area contributed by atoms with Crippen molar-refractivity contribution in [3.8, 4) is 0 Å². The molecule has 3 N–H and O–H groups in total. The summed E-state index contributed by atoms with van der Waals surface area (Å²) in [5.74, 6) is 0.310. The Morgan fingerprint density at radius 1 is 1.35 bits per heavy atom. The maximum Gasteiger partial charge on any atom is 0.263 e. The standard InChI is InChI=1S/C16H15ClF3N5O/c17-16-23-14(22-9-3-1-2-8(4-9)13(19)20)10(5-21)15(24-16)25-6-11(18)12(26)7-25/h1-5,11-13,21,26H,6-7H2,(H,22,23,24)/t11-,12-/m0/s1. The van der Waals surface area contributed by atoms with E-state index >= 15 is 0 Å². The van der Waals surface area contributed by atoms with Crippen molar-refractivity contribution in [1.29, 1.82) is 5.41 Å². The third kappa shape index (κ3) is 3.73. The second kappa shape index (κ2) is 7.46. The van der Waals surface area contributed by atoms with Gasteiger partial charge in [-0.2, -0.15) is 9.97 Å². The quantitative estimate of drug-likeness (QED) is 0.543. The normalized spacial score (nSPS) is 19.8. The lowest BCUT2D eigenvalue weighted by molar-refractivity contribution is 0.118. The molecule has 0 radical (unpaired) electrons. The van der Waals surface area contributed by atoms with E-state index < -0.39 is 18.7 Å². The molecular formula is C16H15ClF3N5O. The van der Waals surface area contributed by atoms with Crippen LogP contribution in [0.4, 0.5) is 30.5 Å². The summed E-state index contributed by atoms with van der Waals surface area (Å²) in [6, 6.07) is 5.57. The maximum atomic E-state index is 13.6. The van der Waals surface area contributed by atoms with Crippen LogP contribution in [0.1, 0.15) is 17.6 Å². The predicted molar refractivity (Wildman–Crippen MR) is 92.7 cm³/mol. The molecule has 0 unspecified atom stereocenters. The smallest absolute Gasteiger partial charge is 0.263 e. The van der Waals surface area contributed by atoms with E-state index in [0.29, 0.717) is 5.69 Å². The highest BCUT2D eigenvalue weighted by atomic mass is 35.5. The molecule has 0 spiro atoms. The van der Waals surface area contributed by atoms with Crippen LogP contribution in [0, 0.1) is 5.41 Å². The molecule has 1 aliphatic heterocycles. The number of benzene rings is 1. The van der Waals surface area contributed by atoms with E-state index in [2.05, 4.69) is 15.3 Å². The Labute approximate surface area is 152 Å². The molecule has 0 bridgehead atoms. The molecule has 10 heteroatoms. The number of hydrogen-bond acceptors (Lipinski definition) is 6. The highest BCUT2D eigenvalue weighted by molar-refractivity contribution is 6.28. The molecule has 26 heavy (non-hydrogen) atoms. The number of anilines is 3. The first kappa shape index (κ1) is 18.4. The summed E-state index contributed by atoms with van der Waals surface area (Å²) in [7, 11) is 0. The number of alkyl halides is 3. The van der Waals surface area contributed by atoms with Crippen LogP contribution in [-0.4, -0.2) is 46.7 Å². The predicted octanol–water partition coefficient (Wildman–Crippen LogP) is 3.33. The molecular weight excluding hydrogens is 371 g/mol. The van der Waals surface area contributed by atoms with Crippen LogP contribution >= 0.6 is 11.6 Å². The van der Waals surface area contributed by atoms with Gasteiger partial charge in [0.2, 0.25) is 5.28 Å². The number of rotatable bonds is 5. The minimum absolute atomic E-state index is 0.00431. The largest absolute Gasteiger partial charge is 0.388 e. The fourth-order valence-electron chi connectivity index (χ4n) is 2.71. The Bertz CT molecular complexity index is 812. The van der Waals surface area contributed by atoms with Gasteiger partial charge in [-0.15, -0.1) is 0 Å². The van der Waals surface area contributed by atoms with Gasteiger partial charge < -0.3 is 20.7 Å². The van der Waals surface area contributed by atoms with Gasteiger partial charge in [-0.1, -0.05) is 12.1 Å². The molecule has 3 rings (SSSR count). The van der Waals surface area contributed by atoms with Crippen molar-refractivity contribution >= 4 is 35.1 Å². The lowest BCUT2D eigenvalue weighted by Gasteiger charge is -2.20. The summed E-state index contributed by atoms with van der Waals surface area (Å²) in [6.07, 6.45) is -4.28. The van der Waals surface area contributed by atoms with Gasteiger partial charge >= 0.3 is 0 Å². The molecule has 138 valence electrons. The van der Waals surface area contributed by atoms with Crippen LogP contribution in [0.15, 0.2) is 24.3 Å². The number of hydrogen-bond donors (Lipinski definition) is 3. The first-order valence-corrected chi connectivity index (χ1v) is 8.07. The molecule has 1 saturated heterocycles. The molecule has 2 atom stereocenters. The van der Waals surface area contributed by atoms with Crippen molar-refractivity contribution in [2.45, 2.75) is 18.7 Å². The topological polar surface area (TPSA) is 85.1 Å². The molecule has 0 saturated carbocycles. The first-order chi connectivity index (χ1) is 12.4. The molecule has 1 aromatic heterocycles. The van der Waals surface area contributed by atoms with Gasteiger partial charge in [-0.3, -0.25) is 0 Å². The van der Waals surface area contributed by atoms with Crippen LogP contribution in [-0.2, 0) is 0 Å². The lowest BCUT2D eigenvalue weighted by Crippen LogP contribution is -2.24. The monoisotopic (exact) mass is 385 g/mol. The van der Waals surface area contributed by atoms with Gasteiger partial charge in [0.1, 0.15) is 23.9 Å². The summed E-state index contributed by atoms with van der Waals surface area (Å²) in [4.78, 5) is 9.50. The fraction of sp³-hybridized carbons (Fsp3) is 0.312. The highest BCUT2D eigenvalue weighted by Crippen LogP contribution is 2.31. The van der Waals surface area contributed by atoms with E-state index in [1.165, 1.54) is 23.1 Å². The Balaban J connectivity index is 1.97. The zero-order valence-electron chi connectivity index (χ0n) is 13.3. The Morgan fingerprint density at radius 2 is 2.12 bits per heavy atom. The van der Waals surface area contributed by atoms with Gasteiger partial charge in [0.05, 0.1) is 12.1 Å². The minimum atomic E-state index is -2.63. The summed E-state index contributed by atoms with van der Waals surface area (Å²) >= 11 is 5.94. The van der Waals surface area contributed by atoms with Crippen LogP contribution in [0.5, 0.6) is 0 Å². The van der Waals surface area contributed by atoms with Crippen LogP contribution in [0.2, 0.25) is 5.28 Å². The third-order valence-corrected chi connectivity index (χ3v) is 4.13. The zero-order chi connectivity index (χ0) is 18.8. The molecule has 0 amide bonds. The van der Waals surface area contributed by atoms with E-state index in [9.17, 15) is 18.3 Å². The second-order valence-corrected chi connectivity index (χ2v) is 6.10. The summed E-state index contributed by atoms with van der Waals surface area (Å²) < 4.78 is 39.4. The molecule has 2 aromatic rings. The van der Waals surface area contributed by atoms with Crippen molar-refractivity contribution in [3.05, 3.63) is 40.7 Å². The minimum Gasteiger partial charge on any atom is -0.388 e. The van der Waals surface area contributed by atoms with E-state index in [1.807, 2.05) is 0 Å². The average Bonchev–Trinajstić information content (AvgIpc) is 2.93. The Morgan fingerprint density at radius 3 is 2.73 bits per heavy atom. The summed E-state index contributed by atoms with van der Waals surface area (Å²) in [5.41, 5.74) is 0.365. The zero-order valence-corrected chi connectivity index (χ0v) is 14.1. The van der Waals surface area contributed by atoms with Gasteiger partial charge in [-0.25, -0.2) is 13.2 Å². The molecule has 1 fully saturated rings. The van der Waals surface area contributed by atoms with Crippen molar-refractivity contribution in [2.24, 2.45) is 0 Å². The number of aromatic nitrogens is 2. The van der Waals surface area contributed by atoms with E-state index in [1.54, 1.807) is 6.07 Å². The van der Waals surface area contributed by atoms with Crippen molar-refractivity contribution in [3.63, 3.8) is 0 Å². The van der Waals surface area contributed by atoms with Crippen molar-refractivity contribution in [1.82, 2.24) is 9.97 Å². The van der Waals surface area contributed by atoms with E-state index in [0.717, 1.165) is 6.21 Å². The van der Waals surface area contributed by atoms with Gasteiger partial charge in [-0.05, 0) is 23.7 Å². The van der Waals surface area contributed by atoms with Crippen molar-refractivity contribution in [2.75, 3.05) is 23.3 Å². The van der Waals surface area contributed by atoms with E-state index in [4.69, 9.17) is 17.0 Å². The van der Waals surface area contributed by atoms with Crippen LogP contribution < -0.4 is 10.2 Å². The van der Waals surface area contributed by atoms with Crippen LogP contribution in [0.25, 0.3) is 0 Å². The highest BCUT2D eigenvalue weighted by Gasteiger charge is 2.33. The molecule has 1 aromatic carbocycles. The number of β-amino-alcohol motifs (C(OH)–C–C–N with tert-alkyl or cyclic N) is 1.